The van der Waals surface area contributed by atoms with Crippen LogP contribution in [0.4, 0.5) is 20.4 Å². The van der Waals surface area contributed by atoms with E-state index in [2.05, 4.69) is 25.3 Å². The van der Waals surface area contributed by atoms with Crippen molar-refractivity contribution in [3.05, 3.63) is 72.1 Å². The van der Waals surface area contributed by atoms with E-state index in [-0.39, 0.29) is 16.6 Å². The molecule has 1 amide bonds. The Labute approximate surface area is 260 Å². The third-order valence-electron chi connectivity index (χ3n) is 6.87. The van der Waals surface area contributed by atoms with Crippen LogP contribution in [0.5, 0.6) is 5.75 Å². The number of anilines is 2. The number of halogens is 2. The van der Waals surface area contributed by atoms with Crippen LogP contribution in [0.1, 0.15) is 44.0 Å². The summed E-state index contributed by atoms with van der Waals surface area (Å²) in [5.74, 6) is -3.66. The number of rotatable bonds is 11. The summed E-state index contributed by atoms with van der Waals surface area (Å²) in [6, 6.07) is 8.07. The average Bonchev–Trinajstić information content (AvgIpc) is 3.00. The summed E-state index contributed by atoms with van der Waals surface area (Å²) in [7, 11) is -2.84. The monoisotopic (exact) mass is 646 g/mol. The first-order valence-corrected chi connectivity index (χ1v) is 15.7. The van der Waals surface area contributed by atoms with Crippen molar-refractivity contribution >= 4 is 33.5 Å². The molecular weight excluding hydrogens is 610 g/mol. The fraction of sp³-hybridized carbons (Fsp3) is 0.400. The van der Waals surface area contributed by atoms with E-state index in [1.54, 1.807) is 44.1 Å². The van der Waals surface area contributed by atoms with E-state index in [1.807, 2.05) is 0 Å². The summed E-state index contributed by atoms with van der Waals surface area (Å²) in [5, 5.41) is 5.55. The number of nitrogens with zero attached hydrogens (tertiary/aromatic N) is 3. The van der Waals surface area contributed by atoms with E-state index in [9.17, 15) is 18.0 Å². The molecule has 1 unspecified atom stereocenters. The van der Waals surface area contributed by atoms with Gasteiger partial charge in [-0.15, -0.1) is 0 Å². The van der Waals surface area contributed by atoms with Crippen LogP contribution in [0.2, 0.25) is 0 Å². The highest BCUT2D eigenvalue weighted by Gasteiger charge is 2.31. The molecule has 1 aromatic heterocycles. The highest BCUT2D eigenvalue weighted by molar-refractivity contribution is 7.89. The van der Waals surface area contributed by atoms with Gasteiger partial charge < -0.3 is 25.0 Å². The van der Waals surface area contributed by atoms with Crippen molar-refractivity contribution in [1.82, 2.24) is 20.0 Å². The maximum atomic E-state index is 15.2. The Bertz CT molecular complexity index is 1600. The van der Waals surface area contributed by atoms with Crippen LogP contribution in [0.25, 0.3) is 0 Å². The maximum Gasteiger partial charge on any atom is 0.326 e. The third kappa shape index (κ3) is 8.85. The molecule has 4 rings (SSSR count). The van der Waals surface area contributed by atoms with Crippen molar-refractivity contribution in [1.29, 1.82) is 0 Å². The number of carbonyl (C=O) groups excluding carboxylic acids is 2. The highest BCUT2D eigenvalue weighted by Crippen LogP contribution is 2.28. The van der Waals surface area contributed by atoms with Crippen LogP contribution in [0, 0.1) is 11.6 Å². The van der Waals surface area contributed by atoms with Crippen LogP contribution >= 0.6 is 0 Å². The molecule has 3 aromatic rings. The van der Waals surface area contributed by atoms with E-state index >= 15 is 8.78 Å². The van der Waals surface area contributed by atoms with Crippen molar-refractivity contribution in [2.24, 2.45) is 0 Å². The van der Waals surface area contributed by atoms with Crippen molar-refractivity contribution in [2.45, 2.75) is 56.2 Å². The Kier molecular flexibility index (Phi) is 10.5. The van der Waals surface area contributed by atoms with Gasteiger partial charge in [0.15, 0.2) is 11.6 Å². The lowest BCUT2D eigenvalue weighted by molar-refractivity contribution is -0.156. The lowest BCUT2D eigenvalue weighted by Gasteiger charge is -2.34. The molecule has 12 nitrogen and oxygen atoms in total. The second-order valence-electron chi connectivity index (χ2n) is 11.3. The van der Waals surface area contributed by atoms with Gasteiger partial charge in [0.25, 0.3) is 5.91 Å². The number of benzene rings is 2. The molecule has 242 valence electrons. The average molecular weight is 647 g/mol. The number of hydrogen-bond acceptors (Lipinski definition) is 10. The zero-order valence-corrected chi connectivity index (χ0v) is 26.2. The van der Waals surface area contributed by atoms with Crippen LogP contribution in [-0.4, -0.2) is 74.7 Å². The number of hydrogen-bond donors (Lipinski definition) is 3. The molecule has 0 saturated carbocycles. The molecule has 1 atom stereocenters. The number of piperidine rings is 1. The topological polar surface area (TPSA) is 152 Å². The lowest BCUT2D eigenvalue weighted by atomic mass is 10.0. The lowest BCUT2D eigenvalue weighted by Crippen LogP contribution is -2.50. The summed E-state index contributed by atoms with van der Waals surface area (Å²) in [4.78, 5) is 35.7. The standard InChI is InChI=1S/C30H36F2N6O6S/c1-30(2,3)44-28(40)23(37-45(41,42)21-8-6-20(43-4)7-9-21)18-35-27(39)22-10-11-24(26(32)25(22)31)38-16-12-19(13-17-38)36-29-33-14-5-15-34-29/h5-11,14-15,19,23,37H,12-13,16-18H2,1-4H3,(H,35,39)(H,33,34,36). The zero-order chi connectivity index (χ0) is 32.8. The summed E-state index contributed by atoms with van der Waals surface area (Å²) in [5.41, 5.74) is -1.57. The number of carbonyl (C=O) groups is 2. The fourth-order valence-electron chi connectivity index (χ4n) is 4.63. The summed E-state index contributed by atoms with van der Waals surface area (Å²) in [6.07, 6.45) is 4.50. The van der Waals surface area contributed by atoms with Crippen LogP contribution in [0.15, 0.2) is 59.8 Å². The van der Waals surface area contributed by atoms with Gasteiger partial charge in [0.1, 0.15) is 17.4 Å². The Morgan fingerprint density at radius 3 is 2.27 bits per heavy atom. The number of ether oxygens (including phenoxy) is 2. The van der Waals surface area contributed by atoms with E-state index in [0.717, 1.165) is 6.07 Å². The summed E-state index contributed by atoms with van der Waals surface area (Å²) < 4.78 is 69.1. The van der Waals surface area contributed by atoms with Crippen molar-refractivity contribution in [3.8, 4) is 5.75 Å². The highest BCUT2D eigenvalue weighted by atomic mass is 32.2. The van der Waals surface area contributed by atoms with Crippen molar-refractivity contribution in [3.63, 3.8) is 0 Å². The van der Waals surface area contributed by atoms with Gasteiger partial charge in [-0.1, -0.05) is 0 Å². The van der Waals surface area contributed by atoms with E-state index < -0.39 is 57.3 Å². The number of sulfonamides is 1. The van der Waals surface area contributed by atoms with Crippen molar-refractivity contribution in [2.75, 3.05) is 37.0 Å². The van der Waals surface area contributed by atoms with E-state index in [0.29, 0.717) is 37.6 Å². The Hall–Kier alpha value is -4.37. The van der Waals surface area contributed by atoms with Gasteiger partial charge >= 0.3 is 5.97 Å². The second kappa shape index (κ2) is 14.2. The van der Waals surface area contributed by atoms with E-state index in [4.69, 9.17) is 9.47 Å². The first kappa shape index (κ1) is 33.5. The molecule has 0 radical (unpaired) electrons. The molecule has 0 bridgehead atoms. The van der Waals surface area contributed by atoms with Crippen LogP contribution in [0.3, 0.4) is 0 Å². The smallest absolute Gasteiger partial charge is 0.326 e. The predicted octanol–water partition coefficient (Wildman–Crippen LogP) is 3.26. The molecule has 2 aromatic carbocycles. The van der Waals surface area contributed by atoms with Gasteiger partial charge in [0, 0.05) is 38.1 Å². The number of nitrogens with one attached hydrogen (secondary N) is 3. The minimum atomic E-state index is -4.26. The van der Waals surface area contributed by atoms with Gasteiger partial charge in [-0.2, -0.15) is 4.72 Å². The molecule has 0 spiro atoms. The summed E-state index contributed by atoms with van der Waals surface area (Å²) >= 11 is 0. The predicted molar refractivity (Wildman–Crippen MR) is 163 cm³/mol. The van der Waals surface area contributed by atoms with Gasteiger partial charge in [-0.05, 0) is 76.1 Å². The molecule has 1 aliphatic heterocycles. The number of esters is 1. The molecule has 1 aliphatic rings. The Balaban J connectivity index is 1.43. The minimum absolute atomic E-state index is 0.0114. The molecule has 45 heavy (non-hydrogen) atoms. The quantitative estimate of drug-likeness (QED) is 0.265. The largest absolute Gasteiger partial charge is 0.497 e. The number of amides is 1. The molecule has 0 aliphatic carbocycles. The van der Waals surface area contributed by atoms with Gasteiger partial charge in [-0.25, -0.2) is 27.2 Å². The Morgan fingerprint density at radius 1 is 1.02 bits per heavy atom. The first-order chi connectivity index (χ1) is 21.3. The number of aromatic nitrogens is 2. The normalized spacial score (nSPS) is 14.8. The van der Waals surface area contributed by atoms with Gasteiger partial charge in [0.05, 0.1) is 23.3 Å². The third-order valence-corrected chi connectivity index (χ3v) is 8.35. The second-order valence-corrected chi connectivity index (χ2v) is 13.0. The number of methoxy groups -OCH3 is 1. The molecule has 1 fully saturated rings. The fourth-order valence-corrected chi connectivity index (χ4v) is 5.81. The van der Waals surface area contributed by atoms with Crippen LogP contribution in [-0.2, 0) is 19.6 Å². The first-order valence-electron chi connectivity index (χ1n) is 14.2. The molecule has 3 N–H and O–H groups in total. The SMILES string of the molecule is COc1ccc(S(=O)(=O)NC(CNC(=O)c2ccc(N3CCC(Nc4ncccn4)CC3)c(F)c2F)C(=O)OC(C)(C)C)cc1. The van der Waals surface area contributed by atoms with Gasteiger partial charge in [-0.3, -0.25) is 9.59 Å². The van der Waals surface area contributed by atoms with Crippen LogP contribution < -0.4 is 25.0 Å². The van der Waals surface area contributed by atoms with E-state index in [1.165, 1.54) is 37.4 Å². The van der Waals surface area contributed by atoms with Gasteiger partial charge in [0.2, 0.25) is 16.0 Å². The Morgan fingerprint density at radius 2 is 1.67 bits per heavy atom. The summed E-state index contributed by atoms with van der Waals surface area (Å²) in [6.45, 7) is 5.03. The molecule has 15 heteroatoms. The molecular formula is C30H36F2N6O6S. The maximum absolute atomic E-state index is 15.2. The zero-order valence-electron chi connectivity index (χ0n) is 25.3. The molecule has 2 heterocycles. The minimum Gasteiger partial charge on any atom is -0.497 e. The van der Waals surface area contributed by atoms with Crippen molar-refractivity contribution < 1.29 is 36.3 Å². The molecule has 1 saturated heterocycles.